The Labute approximate surface area is 89.3 Å². The molecule has 0 radical (unpaired) electrons. The van der Waals surface area contributed by atoms with E-state index in [4.69, 9.17) is 10.00 Å². The number of nitrogens with two attached hydrogens (primary N) is 1. The molecular weight excluding hydrogens is 192 g/mol. The molecule has 15 heavy (non-hydrogen) atoms. The molecule has 2 N–H and O–H groups in total. The summed E-state index contributed by atoms with van der Waals surface area (Å²) in [4.78, 5) is 10.4. The number of benzene rings is 1. The molecule has 0 aromatic heterocycles. The van der Waals surface area contributed by atoms with Crippen molar-refractivity contribution >= 4 is 5.97 Å². The molecule has 0 spiro atoms. The van der Waals surface area contributed by atoms with Crippen molar-refractivity contribution in [3.05, 3.63) is 35.9 Å². The van der Waals surface area contributed by atoms with E-state index < -0.39 is 0 Å². The van der Waals surface area contributed by atoms with Crippen LogP contribution in [0.2, 0.25) is 0 Å². The van der Waals surface area contributed by atoms with Crippen molar-refractivity contribution in [2.24, 2.45) is 5.73 Å². The quantitative estimate of drug-likeness (QED) is 0.583. The summed E-state index contributed by atoms with van der Waals surface area (Å²) in [6.07, 6.45) is 0. The summed E-state index contributed by atoms with van der Waals surface area (Å²) in [5, 5.41) is 7.50. The third-order valence-electron chi connectivity index (χ3n) is 1.38. The fraction of sp³-hybridized carbons (Fsp3) is 0.273. The number of hydrogen-bond acceptors (Lipinski definition) is 4. The van der Waals surface area contributed by atoms with E-state index in [0.29, 0.717) is 6.61 Å². The van der Waals surface area contributed by atoms with Crippen LogP contribution < -0.4 is 5.73 Å². The molecule has 0 fully saturated rings. The molecule has 0 aliphatic rings. The minimum Gasteiger partial charge on any atom is -0.461 e. The zero-order valence-corrected chi connectivity index (χ0v) is 8.64. The maximum Gasteiger partial charge on any atom is 0.302 e. The van der Waals surface area contributed by atoms with Gasteiger partial charge >= 0.3 is 5.97 Å². The molecule has 0 amide bonds. The van der Waals surface area contributed by atoms with Crippen LogP contribution in [0.15, 0.2) is 30.3 Å². The van der Waals surface area contributed by atoms with Crippen LogP contribution in [0, 0.1) is 11.3 Å². The predicted octanol–water partition coefficient (Wildman–Crippen LogP) is 1.22. The van der Waals surface area contributed by atoms with Crippen molar-refractivity contribution in [1.82, 2.24) is 0 Å². The van der Waals surface area contributed by atoms with E-state index in [1.165, 1.54) is 6.92 Å². The van der Waals surface area contributed by atoms with Gasteiger partial charge in [0.1, 0.15) is 6.61 Å². The van der Waals surface area contributed by atoms with Crippen LogP contribution in [0.4, 0.5) is 0 Å². The predicted molar refractivity (Wildman–Crippen MR) is 56.6 cm³/mol. The molecule has 1 aromatic carbocycles. The summed E-state index contributed by atoms with van der Waals surface area (Å²) in [5.41, 5.74) is 5.68. The Hall–Kier alpha value is -1.86. The second kappa shape index (κ2) is 8.73. The van der Waals surface area contributed by atoms with Crippen molar-refractivity contribution < 1.29 is 9.53 Å². The van der Waals surface area contributed by atoms with Crippen molar-refractivity contribution in [1.29, 1.82) is 5.26 Å². The average Bonchev–Trinajstić information content (AvgIpc) is 2.28. The fourth-order valence-corrected chi connectivity index (χ4v) is 0.759. The van der Waals surface area contributed by atoms with E-state index in [1.807, 2.05) is 30.3 Å². The van der Waals surface area contributed by atoms with Gasteiger partial charge in [-0.1, -0.05) is 30.3 Å². The largest absolute Gasteiger partial charge is 0.461 e. The zero-order chi connectivity index (χ0) is 11.5. The number of esters is 1. The van der Waals surface area contributed by atoms with Crippen LogP contribution in [0.3, 0.4) is 0 Å². The minimum atomic E-state index is -0.242. The molecule has 0 atom stereocenters. The molecule has 80 valence electrons. The van der Waals surface area contributed by atoms with E-state index in [2.05, 4.69) is 5.73 Å². The molecule has 0 aliphatic carbocycles. The van der Waals surface area contributed by atoms with Gasteiger partial charge in [-0.05, 0) is 5.56 Å². The van der Waals surface area contributed by atoms with Crippen LogP contribution in [0.5, 0.6) is 0 Å². The van der Waals surface area contributed by atoms with Gasteiger partial charge in [0, 0.05) is 6.92 Å². The fourth-order valence-electron chi connectivity index (χ4n) is 0.759. The summed E-state index contributed by atoms with van der Waals surface area (Å²) in [5.74, 6) is -0.242. The molecule has 4 nitrogen and oxygen atoms in total. The molecule has 0 saturated heterocycles. The van der Waals surface area contributed by atoms with Crippen LogP contribution >= 0.6 is 0 Å². The van der Waals surface area contributed by atoms with Gasteiger partial charge in [0.15, 0.2) is 0 Å². The standard InChI is InChI=1S/C9H10O2.C2H4N2/c1-8(10)11-7-9-5-3-2-4-6-9;3-1-2-4/h2-6H,7H2,1H3;1,3H2. The summed E-state index contributed by atoms with van der Waals surface area (Å²) in [7, 11) is 0. The maximum absolute atomic E-state index is 10.4. The molecule has 0 heterocycles. The first-order chi connectivity index (χ1) is 7.20. The molecule has 0 aliphatic heterocycles. The third-order valence-corrected chi connectivity index (χ3v) is 1.38. The van der Waals surface area contributed by atoms with Crippen LogP contribution in [0.25, 0.3) is 0 Å². The van der Waals surface area contributed by atoms with Gasteiger partial charge in [-0.25, -0.2) is 0 Å². The summed E-state index contributed by atoms with van der Waals surface area (Å²) >= 11 is 0. The Balaban J connectivity index is 0.000000423. The van der Waals surface area contributed by atoms with Gasteiger partial charge in [0.2, 0.25) is 0 Å². The Morgan fingerprint density at radius 1 is 1.47 bits per heavy atom. The van der Waals surface area contributed by atoms with Crippen LogP contribution in [0.1, 0.15) is 12.5 Å². The van der Waals surface area contributed by atoms with Gasteiger partial charge in [-0.2, -0.15) is 5.26 Å². The Morgan fingerprint density at radius 3 is 2.40 bits per heavy atom. The second-order valence-corrected chi connectivity index (χ2v) is 2.63. The Kier molecular flexibility index (Phi) is 7.64. The average molecular weight is 206 g/mol. The van der Waals surface area contributed by atoms with Gasteiger partial charge < -0.3 is 10.5 Å². The molecule has 0 saturated carbocycles. The number of nitriles is 1. The number of rotatable bonds is 2. The first-order valence-electron chi connectivity index (χ1n) is 4.45. The first-order valence-corrected chi connectivity index (χ1v) is 4.45. The number of nitrogens with zero attached hydrogens (tertiary/aromatic N) is 1. The van der Waals surface area contributed by atoms with Crippen molar-refractivity contribution in [3.8, 4) is 6.07 Å². The number of carbonyl (C=O) groups is 1. The van der Waals surface area contributed by atoms with Crippen molar-refractivity contribution in [2.75, 3.05) is 6.54 Å². The first kappa shape index (κ1) is 13.1. The normalized spacial score (nSPS) is 8.07. The highest BCUT2D eigenvalue weighted by Crippen LogP contribution is 1.99. The molecule has 4 heteroatoms. The summed E-state index contributed by atoms with van der Waals surface area (Å²) in [6.45, 7) is 1.90. The Morgan fingerprint density at radius 2 is 2.00 bits per heavy atom. The minimum absolute atomic E-state index is 0.125. The van der Waals surface area contributed by atoms with E-state index in [9.17, 15) is 4.79 Å². The highest BCUT2D eigenvalue weighted by atomic mass is 16.5. The summed E-state index contributed by atoms with van der Waals surface area (Å²) < 4.78 is 4.79. The highest BCUT2D eigenvalue weighted by Gasteiger charge is 1.93. The molecule has 1 rings (SSSR count). The second-order valence-electron chi connectivity index (χ2n) is 2.63. The number of ether oxygens (including phenoxy) is 1. The lowest BCUT2D eigenvalue weighted by Gasteiger charge is -1.99. The van der Waals surface area contributed by atoms with E-state index >= 15 is 0 Å². The highest BCUT2D eigenvalue weighted by molar-refractivity contribution is 5.65. The smallest absolute Gasteiger partial charge is 0.302 e. The number of carbonyl (C=O) groups excluding carboxylic acids is 1. The Bertz CT molecular complexity index is 317. The van der Waals surface area contributed by atoms with Gasteiger partial charge in [-0.3, -0.25) is 4.79 Å². The zero-order valence-electron chi connectivity index (χ0n) is 8.64. The van der Waals surface area contributed by atoms with E-state index in [0.717, 1.165) is 5.56 Å². The van der Waals surface area contributed by atoms with Gasteiger partial charge in [0.25, 0.3) is 0 Å². The molecule has 1 aromatic rings. The van der Waals surface area contributed by atoms with Gasteiger partial charge in [-0.15, -0.1) is 0 Å². The van der Waals surface area contributed by atoms with E-state index in [-0.39, 0.29) is 12.5 Å². The third kappa shape index (κ3) is 8.47. The van der Waals surface area contributed by atoms with E-state index in [1.54, 1.807) is 6.07 Å². The lowest BCUT2D eigenvalue weighted by molar-refractivity contribution is -0.142. The van der Waals surface area contributed by atoms with Crippen LogP contribution in [-0.2, 0) is 16.1 Å². The van der Waals surface area contributed by atoms with Crippen molar-refractivity contribution in [2.45, 2.75) is 13.5 Å². The van der Waals surface area contributed by atoms with Crippen LogP contribution in [-0.4, -0.2) is 12.5 Å². The lowest BCUT2D eigenvalue weighted by atomic mass is 10.2. The molecular formula is C11H14N2O2. The SMILES string of the molecule is CC(=O)OCc1ccccc1.N#CCN. The lowest BCUT2D eigenvalue weighted by Crippen LogP contribution is -1.97. The topological polar surface area (TPSA) is 76.1 Å². The molecule has 0 bridgehead atoms. The monoisotopic (exact) mass is 206 g/mol. The molecule has 0 unspecified atom stereocenters. The maximum atomic E-state index is 10.4. The van der Waals surface area contributed by atoms with Gasteiger partial charge in [0.05, 0.1) is 12.6 Å². The number of hydrogen-bond donors (Lipinski definition) is 1. The van der Waals surface area contributed by atoms with Crippen molar-refractivity contribution in [3.63, 3.8) is 0 Å². The summed E-state index contributed by atoms with van der Waals surface area (Å²) in [6, 6.07) is 11.3.